The normalized spacial score (nSPS) is 19.7. The maximum atomic E-state index is 12.0. The van der Waals surface area contributed by atoms with Gasteiger partial charge in [-0.1, -0.05) is 37.3 Å². The van der Waals surface area contributed by atoms with Crippen molar-refractivity contribution < 1.29 is 4.79 Å². The van der Waals surface area contributed by atoms with Gasteiger partial charge in [-0.25, -0.2) is 4.98 Å². The summed E-state index contributed by atoms with van der Waals surface area (Å²) in [4.78, 5) is 19.0. The molecule has 1 aromatic heterocycles. The molecule has 1 aliphatic rings. The number of nitrogens with zero attached hydrogens (tertiary/aromatic N) is 2. The highest BCUT2D eigenvalue weighted by atomic mass is 32.1. The van der Waals surface area contributed by atoms with E-state index < -0.39 is 0 Å². The average molecular weight is 315 g/mol. The summed E-state index contributed by atoms with van der Waals surface area (Å²) < 4.78 is 0. The van der Waals surface area contributed by atoms with Crippen molar-refractivity contribution in [3.63, 3.8) is 0 Å². The van der Waals surface area contributed by atoms with E-state index in [9.17, 15) is 4.79 Å². The molecule has 2 aromatic rings. The third-order valence-electron chi connectivity index (χ3n) is 3.99. The first-order chi connectivity index (χ1) is 10.8. The number of aryl methyl sites for hydroxylation is 1. The number of amides is 1. The van der Waals surface area contributed by atoms with Crippen molar-refractivity contribution >= 4 is 17.2 Å². The summed E-state index contributed by atoms with van der Waals surface area (Å²) in [6.07, 6.45) is 1.49. The fraction of sp³-hybridized carbons (Fsp3) is 0.412. The molecule has 1 saturated heterocycles. The molecule has 2 heterocycles. The van der Waals surface area contributed by atoms with Gasteiger partial charge in [0.2, 0.25) is 5.91 Å². The van der Waals surface area contributed by atoms with E-state index in [2.05, 4.69) is 39.6 Å². The monoisotopic (exact) mass is 315 g/mol. The minimum Gasteiger partial charge on any atom is -0.355 e. The molecule has 1 N–H and O–H groups in total. The van der Waals surface area contributed by atoms with E-state index >= 15 is 0 Å². The van der Waals surface area contributed by atoms with Crippen molar-refractivity contribution in [2.75, 3.05) is 13.1 Å². The van der Waals surface area contributed by atoms with E-state index in [0.29, 0.717) is 13.0 Å². The van der Waals surface area contributed by atoms with Crippen molar-refractivity contribution in [3.8, 4) is 0 Å². The highest BCUT2D eigenvalue weighted by molar-refractivity contribution is 7.09. The number of hydrogen-bond donors (Lipinski definition) is 1. The number of benzene rings is 1. The van der Waals surface area contributed by atoms with Gasteiger partial charge >= 0.3 is 0 Å². The summed E-state index contributed by atoms with van der Waals surface area (Å²) in [5.41, 5.74) is 2.31. The summed E-state index contributed by atoms with van der Waals surface area (Å²) in [5, 5.41) is 6.29. The lowest BCUT2D eigenvalue weighted by atomic mass is 10.0. The van der Waals surface area contributed by atoms with E-state index in [1.165, 1.54) is 10.6 Å². The Morgan fingerprint density at radius 3 is 2.91 bits per heavy atom. The number of thiazole rings is 1. The van der Waals surface area contributed by atoms with Gasteiger partial charge in [0.1, 0.15) is 0 Å². The van der Waals surface area contributed by atoms with Crippen molar-refractivity contribution in [2.24, 2.45) is 0 Å². The zero-order chi connectivity index (χ0) is 15.4. The first kappa shape index (κ1) is 15.2. The molecule has 0 unspecified atom stereocenters. The van der Waals surface area contributed by atoms with E-state index in [4.69, 9.17) is 0 Å². The minimum absolute atomic E-state index is 0.121. The Morgan fingerprint density at radius 1 is 1.36 bits per heavy atom. The molecule has 5 heteroatoms. The molecular formula is C17H21N3OS. The van der Waals surface area contributed by atoms with Crippen LogP contribution in [0.3, 0.4) is 0 Å². The third kappa shape index (κ3) is 3.54. The topological polar surface area (TPSA) is 45.2 Å². The lowest BCUT2D eigenvalue weighted by molar-refractivity contribution is -0.121. The summed E-state index contributed by atoms with van der Waals surface area (Å²) in [7, 11) is 0. The van der Waals surface area contributed by atoms with Crippen molar-refractivity contribution in [1.29, 1.82) is 0 Å². The Labute approximate surface area is 135 Å². The molecule has 1 fully saturated rings. The maximum Gasteiger partial charge on any atom is 0.221 e. The molecule has 4 nitrogen and oxygen atoms in total. The molecule has 1 aromatic carbocycles. The van der Waals surface area contributed by atoms with Gasteiger partial charge in [-0.15, -0.1) is 11.3 Å². The SMILES string of the molecule is CCc1nc(CN2CCNC(=O)C[C@@H]2c2ccccc2)cs1. The van der Waals surface area contributed by atoms with E-state index in [1.807, 2.05) is 18.2 Å². The predicted molar refractivity (Wildman–Crippen MR) is 88.7 cm³/mol. The second-order valence-corrected chi connectivity index (χ2v) is 6.48. The molecule has 0 bridgehead atoms. The highest BCUT2D eigenvalue weighted by Gasteiger charge is 2.26. The highest BCUT2D eigenvalue weighted by Crippen LogP contribution is 2.27. The standard InChI is InChI=1S/C17H21N3OS/c1-2-17-19-14(12-22-17)11-20-9-8-18-16(21)10-15(20)13-6-4-3-5-7-13/h3-7,12,15H,2,8-11H2,1H3,(H,18,21)/t15-/m1/s1. The van der Waals surface area contributed by atoms with Crippen LogP contribution in [-0.4, -0.2) is 28.9 Å². The van der Waals surface area contributed by atoms with Crippen LogP contribution in [0.5, 0.6) is 0 Å². The fourth-order valence-corrected chi connectivity index (χ4v) is 3.59. The van der Waals surface area contributed by atoms with E-state index in [1.54, 1.807) is 11.3 Å². The summed E-state index contributed by atoms with van der Waals surface area (Å²) in [6, 6.07) is 10.4. The molecule has 116 valence electrons. The molecule has 0 saturated carbocycles. The Balaban J connectivity index is 1.83. The quantitative estimate of drug-likeness (QED) is 0.943. The van der Waals surface area contributed by atoms with E-state index in [-0.39, 0.29) is 11.9 Å². The first-order valence-corrected chi connectivity index (χ1v) is 8.63. The molecular weight excluding hydrogens is 294 g/mol. The van der Waals surface area contributed by atoms with Gasteiger partial charge in [0.05, 0.1) is 10.7 Å². The summed E-state index contributed by atoms with van der Waals surface area (Å²) in [6.45, 7) is 4.48. The molecule has 1 atom stereocenters. The summed E-state index contributed by atoms with van der Waals surface area (Å²) >= 11 is 1.72. The van der Waals surface area contributed by atoms with Crippen molar-refractivity contribution in [3.05, 3.63) is 52.0 Å². The van der Waals surface area contributed by atoms with Gasteiger partial charge in [-0.3, -0.25) is 9.69 Å². The Bertz CT molecular complexity index is 626. The summed E-state index contributed by atoms with van der Waals surface area (Å²) in [5.74, 6) is 0.129. The second kappa shape index (κ2) is 7.03. The van der Waals surface area contributed by atoms with Crippen LogP contribution >= 0.6 is 11.3 Å². The number of hydrogen-bond acceptors (Lipinski definition) is 4. The number of carbonyl (C=O) groups is 1. The second-order valence-electron chi connectivity index (χ2n) is 5.54. The lowest BCUT2D eigenvalue weighted by Crippen LogP contribution is -2.30. The van der Waals surface area contributed by atoms with Crippen LogP contribution < -0.4 is 5.32 Å². The van der Waals surface area contributed by atoms with Crippen molar-refractivity contribution in [2.45, 2.75) is 32.4 Å². The van der Waals surface area contributed by atoms with Crippen molar-refractivity contribution in [1.82, 2.24) is 15.2 Å². The van der Waals surface area contributed by atoms with Gasteiger partial charge in [-0.05, 0) is 12.0 Å². The predicted octanol–water partition coefficient (Wildman–Crippen LogP) is 2.77. The maximum absolute atomic E-state index is 12.0. The molecule has 0 spiro atoms. The number of aromatic nitrogens is 1. The van der Waals surface area contributed by atoms with Crippen LogP contribution in [0.4, 0.5) is 0 Å². The zero-order valence-electron chi connectivity index (χ0n) is 12.8. The Kier molecular flexibility index (Phi) is 4.85. The molecule has 22 heavy (non-hydrogen) atoms. The van der Waals surface area contributed by atoms with Crippen LogP contribution in [0.25, 0.3) is 0 Å². The van der Waals surface area contributed by atoms with Crippen LogP contribution in [0.15, 0.2) is 35.7 Å². The van der Waals surface area contributed by atoms with Crippen LogP contribution in [0, 0.1) is 0 Å². The Hall–Kier alpha value is -1.72. The van der Waals surface area contributed by atoms with Crippen LogP contribution in [0.2, 0.25) is 0 Å². The van der Waals surface area contributed by atoms with Crippen LogP contribution in [0.1, 0.15) is 35.7 Å². The smallest absolute Gasteiger partial charge is 0.221 e. The first-order valence-electron chi connectivity index (χ1n) is 7.75. The molecule has 3 rings (SSSR count). The van der Waals surface area contributed by atoms with Crippen LogP contribution in [-0.2, 0) is 17.8 Å². The Morgan fingerprint density at radius 2 is 2.18 bits per heavy atom. The molecule has 0 radical (unpaired) electrons. The van der Waals surface area contributed by atoms with Gasteiger partial charge in [0, 0.05) is 37.5 Å². The molecule has 0 aliphatic carbocycles. The number of carbonyl (C=O) groups excluding carboxylic acids is 1. The molecule has 1 amide bonds. The zero-order valence-corrected chi connectivity index (χ0v) is 13.6. The van der Waals surface area contributed by atoms with Gasteiger partial charge < -0.3 is 5.32 Å². The lowest BCUT2D eigenvalue weighted by Gasteiger charge is -2.28. The number of rotatable bonds is 4. The van der Waals surface area contributed by atoms with Gasteiger partial charge in [-0.2, -0.15) is 0 Å². The van der Waals surface area contributed by atoms with Gasteiger partial charge in [0.15, 0.2) is 0 Å². The number of nitrogens with one attached hydrogen (secondary N) is 1. The molecule has 1 aliphatic heterocycles. The minimum atomic E-state index is 0.121. The largest absolute Gasteiger partial charge is 0.355 e. The fourth-order valence-electron chi connectivity index (χ4n) is 2.86. The average Bonchev–Trinajstić information content (AvgIpc) is 2.92. The third-order valence-corrected chi connectivity index (χ3v) is 5.03. The van der Waals surface area contributed by atoms with E-state index in [0.717, 1.165) is 25.2 Å². The van der Waals surface area contributed by atoms with Gasteiger partial charge in [0.25, 0.3) is 0 Å².